The average Bonchev–Trinajstić information content (AvgIpc) is 1.97. The van der Waals surface area contributed by atoms with Crippen molar-refractivity contribution >= 4 is 6.09 Å². The number of nitrogens with two attached hydrogens (primary N) is 1. The van der Waals surface area contributed by atoms with Gasteiger partial charge in [0, 0.05) is 0 Å². The molecule has 4 nitrogen and oxygen atoms in total. The minimum Gasteiger partial charge on any atom is -0.444 e. The minimum absolute atomic E-state index is 0.189. The van der Waals surface area contributed by atoms with Crippen LogP contribution in [0.4, 0.5) is 18.0 Å². The number of ether oxygens (including phenoxy) is 1. The Hall–Kier alpha value is -0.980. The van der Waals surface area contributed by atoms with Crippen LogP contribution in [0.3, 0.4) is 0 Å². The predicted molar refractivity (Wildman–Crippen MR) is 57.5 cm³/mol. The molecule has 1 amide bonds. The minimum atomic E-state index is -4.58. The third kappa shape index (κ3) is 5.25. The number of nitrogens with one attached hydrogen (secondary N) is 1. The molecule has 0 bridgehead atoms. The van der Waals surface area contributed by atoms with Crippen molar-refractivity contribution in [1.29, 1.82) is 0 Å². The van der Waals surface area contributed by atoms with E-state index in [0.717, 1.165) is 6.92 Å². The lowest BCUT2D eigenvalue weighted by molar-refractivity contribution is -0.191. The molecule has 0 fully saturated rings. The quantitative estimate of drug-likeness (QED) is 0.813. The Kier molecular flexibility index (Phi) is 4.82. The Bertz CT molecular complexity index is 274. The molecular formula is C10H19F3N2O2. The summed E-state index contributed by atoms with van der Waals surface area (Å²) in [7, 11) is 0. The molecule has 0 rings (SSSR count). The average molecular weight is 256 g/mol. The molecule has 102 valence electrons. The fourth-order valence-electron chi connectivity index (χ4n) is 1.09. The van der Waals surface area contributed by atoms with Gasteiger partial charge in [0.2, 0.25) is 0 Å². The van der Waals surface area contributed by atoms with Crippen LogP contribution in [0.15, 0.2) is 0 Å². The fraction of sp³-hybridized carbons (Fsp3) is 0.900. The summed E-state index contributed by atoms with van der Waals surface area (Å²) >= 11 is 0. The zero-order valence-electron chi connectivity index (χ0n) is 10.4. The summed E-state index contributed by atoms with van der Waals surface area (Å²) in [6.45, 7) is 5.40. The van der Waals surface area contributed by atoms with Gasteiger partial charge in [-0.05, 0) is 40.7 Å². The molecule has 0 aromatic rings. The zero-order chi connectivity index (χ0) is 13.9. The number of alkyl carbamates (subject to hydrolysis) is 1. The number of amides is 1. The molecule has 1 atom stereocenters. The van der Waals surface area contributed by atoms with E-state index in [1.54, 1.807) is 20.8 Å². The Morgan fingerprint density at radius 1 is 1.24 bits per heavy atom. The lowest BCUT2D eigenvalue weighted by atomic mass is 9.97. The Labute approximate surface area is 98.7 Å². The number of alkyl halides is 3. The Morgan fingerprint density at radius 3 is 2.00 bits per heavy atom. The number of carbonyl (C=O) groups is 1. The zero-order valence-corrected chi connectivity index (χ0v) is 10.4. The standard InChI is InChI=1S/C10H19F3N2O2/c1-8(2,3)17-7(16)15-9(4,5-6-14)10(11,12)13/h5-6,14H2,1-4H3,(H,15,16). The number of halogens is 3. The molecule has 1 unspecified atom stereocenters. The van der Waals surface area contributed by atoms with Crippen molar-refractivity contribution in [2.24, 2.45) is 5.73 Å². The normalized spacial score (nSPS) is 16.2. The highest BCUT2D eigenvalue weighted by Gasteiger charge is 2.52. The largest absolute Gasteiger partial charge is 0.444 e. The van der Waals surface area contributed by atoms with Gasteiger partial charge in [0.25, 0.3) is 0 Å². The molecule has 17 heavy (non-hydrogen) atoms. The maximum atomic E-state index is 12.8. The van der Waals surface area contributed by atoms with Crippen LogP contribution in [0.2, 0.25) is 0 Å². The first-order valence-corrected chi connectivity index (χ1v) is 5.19. The molecule has 0 saturated carbocycles. The van der Waals surface area contributed by atoms with E-state index < -0.39 is 29.8 Å². The molecule has 0 aliphatic carbocycles. The maximum Gasteiger partial charge on any atom is 0.411 e. The van der Waals surface area contributed by atoms with E-state index in [0.29, 0.717) is 0 Å². The van der Waals surface area contributed by atoms with Gasteiger partial charge in [-0.25, -0.2) is 4.79 Å². The summed E-state index contributed by atoms with van der Waals surface area (Å²) in [4.78, 5) is 11.3. The van der Waals surface area contributed by atoms with Gasteiger partial charge in [-0.15, -0.1) is 0 Å². The first-order chi connectivity index (χ1) is 7.41. The molecule has 3 N–H and O–H groups in total. The van der Waals surface area contributed by atoms with Crippen molar-refractivity contribution in [3.05, 3.63) is 0 Å². The highest BCUT2D eigenvalue weighted by Crippen LogP contribution is 2.32. The third-order valence-electron chi connectivity index (χ3n) is 2.05. The summed E-state index contributed by atoms with van der Waals surface area (Å²) in [5.41, 5.74) is 1.90. The van der Waals surface area contributed by atoms with E-state index in [1.165, 1.54) is 0 Å². The van der Waals surface area contributed by atoms with Crippen LogP contribution in [0.1, 0.15) is 34.1 Å². The van der Waals surface area contributed by atoms with Crippen LogP contribution in [-0.2, 0) is 4.74 Å². The SMILES string of the molecule is CC(C)(C)OC(=O)NC(C)(CCN)C(F)(F)F. The molecule has 0 saturated heterocycles. The molecule has 0 aromatic heterocycles. The van der Waals surface area contributed by atoms with Gasteiger partial charge < -0.3 is 15.8 Å². The van der Waals surface area contributed by atoms with E-state index in [-0.39, 0.29) is 6.54 Å². The summed E-state index contributed by atoms with van der Waals surface area (Å²) in [5, 5.41) is 1.82. The van der Waals surface area contributed by atoms with Crippen molar-refractivity contribution in [3.63, 3.8) is 0 Å². The van der Waals surface area contributed by atoms with E-state index in [1.807, 2.05) is 5.32 Å². The van der Waals surface area contributed by atoms with Crippen LogP contribution in [0, 0.1) is 0 Å². The Balaban J connectivity index is 4.73. The second-order valence-corrected chi connectivity index (χ2v) is 5.00. The van der Waals surface area contributed by atoms with Gasteiger partial charge in [-0.2, -0.15) is 13.2 Å². The van der Waals surface area contributed by atoms with Gasteiger partial charge in [-0.3, -0.25) is 0 Å². The van der Waals surface area contributed by atoms with Crippen molar-refractivity contribution in [2.75, 3.05) is 6.54 Å². The molecule has 7 heteroatoms. The van der Waals surface area contributed by atoms with Crippen LogP contribution in [0.25, 0.3) is 0 Å². The molecule has 0 aliphatic rings. The molecule has 0 spiro atoms. The van der Waals surface area contributed by atoms with E-state index in [2.05, 4.69) is 0 Å². The van der Waals surface area contributed by atoms with Gasteiger partial charge in [0.1, 0.15) is 11.1 Å². The molecule has 0 heterocycles. The summed E-state index contributed by atoms with van der Waals surface area (Å²) in [6, 6.07) is 0. The second kappa shape index (κ2) is 5.12. The van der Waals surface area contributed by atoms with Crippen molar-refractivity contribution in [1.82, 2.24) is 5.32 Å². The van der Waals surface area contributed by atoms with Crippen LogP contribution in [-0.4, -0.2) is 30.0 Å². The van der Waals surface area contributed by atoms with Crippen LogP contribution >= 0.6 is 0 Å². The lowest BCUT2D eigenvalue weighted by Crippen LogP contribution is -2.58. The molecule has 0 aliphatic heterocycles. The van der Waals surface area contributed by atoms with Gasteiger partial charge >= 0.3 is 12.3 Å². The summed E-state index contributed by atoms with van der Waals surface area (Å²) in [5.74, 6) is 0. The van der Waals surface area contributed by atoms with Gasteiger partial charge in [0.05, 0.1) is 0 Å². The first-order valence-electron chi connectivity index (χ1n) is 5.19. The highest BCUT2D eigenvalue weighted by atomic mass is 19.4. The Morgan fingerprint density at radius 2 is 1.71 bits per heavy atom. The third-order valence-corrected chi connectivity index (χ3v) is 2.05. The van der Waals surface area contributed by atoms with Crippen molar-refractivity contribution in [2.45, 2.75) is 51.4 Å². The fourth-order valence-corrected chi connectivity index (χ4v) is 1.09. The van der Waals surface area contributed by atoms with Crippen LogP contribution < -0.4 is 11.1 Å². The molecule has 0 aromatic carbocycles. The number of hydrogen-bond donors (Lipinski definition) is 2. The van der Waals surface area contributed by atoms with Crippen LogP contribution in [0.5, 0.6) is 0 Å². The van der Waals surface area contributed by atoms with Gasteiger partial charge in [-0.1, -0.05) is 0 Å². The smallest absolute Gasteiger partial charge is 0.411 e. The second-order valence-electron chi connectivity index (χ2n) is 5.00. The van der Waals surface area contributed by atoms with E-state index in [9.17, 15) is 18.0 Å². The lowest BCUT2D eigenvalue weighted by Gasteiger charge is -2.33. The monoisotopic (exact) mass is 256 g/mol. The molecular weight excluding hydrogens is 237 g/mol. The van der Waals surface area contributed by atoms with E-state index in [4.69, 9.17) is 10.5 Å². The molecule has 0 radical (unpaired) electrons. The van der Waals surface area contributed by atoms with Gasteiger partial charge in [0.15, 0.2) is 0 Å². The van der Waals surface area contributed by atoms with Crippen molar-refractivity contribution < 1.29 is 22.7 Å². The number of carbonyl (C=O) groups excluding carboxylic acids is 1. The summed E-state index contributed by atoms with van der Waals surface area (Å²) in [6.07, 6.45) is -6.09. The maximum absolute atomic E-state index is 12.8. The highest BCUT2D eigenvalue weighted by molar-refractivity contribution is 5.68. The van der Waals surface area contributed by atoms with Crippen molar-refractivity contribution in [3.8, 4) is 0 Å². The predicted octanol–water partition coefficient (Wildman–Crippen LogP) is 2.18. The topological polar surface area (TPSA) is 64.3 Å². The summed E-state index contributed by atoms with van der Waals surface area (Å²) < 4.78 is 43.1. The van der Waals surface area contributed by atoms with E-state index >= 15 is 0 Å². The number of rotatable bonds is 3. The first kappa shape index (κ1) is 16.0. The number of hydrogen-bond acceptors (Lipinski definition) is 3.